The van der Waals surface area contributed by atoms with E-state index in [0.717, 1.165) is 17.5 Å². The molecule has 0 aliphatic heterocycles. The highest BCUT2D eigenvalue weighted by Gasteiger charge is 2.33. The summed E-state index contributed by atoms with van der Waals surface area (Å²) in [4.78, 5) is 0. The lowest BCUT2D eigenvalue weighted by molar-refractivity contribution is -0.138. The summed E-state index contributed by atoms with van der Waals surface area (Å²) in [5.41, 5.74) is 6.65. The summed E-state index contributed by atoms with van der Waals surface area (Å²) in [5.74, 6) is 0. The number of aromatic nitrogens is 2. The van der Waals surface area contributed by atoms with Crippen LogP contribution in [0.15, 0.2) is 24.3 Å². The van der Waals surface area contributed by atoms with Gasteiger partial charge in [0.25, 0.3) is 0 Å². The van der Waals surface area contributed by atoms with Crippen LogP contribution in [0.1, 0.15) is 22.5 Å². The Bertz CT molecular complexity index is 600. The molecule has 0 atom stereocenters. The van der Waals surface area contributed by atoms with E-state index in [0.29, 0.717) is 5.69 Å². The molecule has 0 aliphatic carbocycles. The van der Waals surface area contributed by atoms with Crippen molar-refractivity contribution in [1.82, 2.24) is 9.78 Å². The van der Waals surface area contributed by atoms with Crippen molar-refractivity contribution in [2.75, 3.05) is 0 Å². The third-order valence-corrected chi connectivity index (χ3v) is 2.87. The van der Waals surface area contributed by atoms with Gasteiger partial charge in [0.1, 0.15) is 0 Å². The van der Waals surface area contributed by atoms with Crippen LogP contribution in [0.3, 0.4) is 0 Å². The van der Waals surface area contributed by atoms with Crippen LogP contribution in [0.5, 0.6) is 0 Å². The van der Waals surface area contributed by atoms with Crippen LogP contribution in [0.25, 0.3) is 5.69 Å². The van der Waals surface area contributed by atoms with Gasteiger partial charge in [-0.25, -0.2) is 4.68 Å². The Labute approximate surface area is 108 Å². The average molecular weight is 269 g/mol. The molecule has 6 heteroatoms. The number of hydrogen-bond donors (Lipinski definition) is 1. The highest BCUT2D eigenvalue weighted by atomic mass is 19.4. The fourth-order valence-electron chi connectivity index (χ4n) is 2.03. The molecule has 0 radical (unpaired) electrons. The zero-order valence-electron chi connectivity index (χ0n) is 10.6. The second kappa shape index (κ2) is 4.70. The second-order valence-electron chi connectivity index (χ2n) is 4.38. The molecule has 0 spiro atoms. The molecule has 0 saturated heterocycles. The minimum atomic E-state index is -4.42. The van der Waals surface area contributed by atoms with Crippen LogP contribution in [0.4, 0.5) is 13.2 Å². The Hall–Kier alpha value is -1.82. The van der Waals surface area contributed by atoms with Crippen LogP contribution in [-0.2, 0) is 12.7 Å². The van der Waals surface area contributed by atoms with Crippen LogP contribution in [-0.4, -0.2) is 9.78 Å². The monoisotopic (exact) mass is 269 g/mol. The van der Waals surface area contributed by atoms with Crippen molar-refractivity contribution in [3.63, 3.8) is 0 Å². The fourth-order valence-corrected chi connectivity index (χ4v) is 2.03. The molecule has 0 amide bonds. The topological polar surface area (TPSA) is 43.8 Å². The zero-order chi connectivity index (χ0) is 14.2. The lowest BCUT2D eigenvalue weighted by atomic mass is 10.1. The molecular weight excluding hydrogens is 255 g/mol. The van der Waals surface area contributed by atoms with E-state index in [1.165, 1.54) is 10.7 Å². The molecule has 1 heterocycles. The number of rotatable bonds is 2. The summed E-state index contributed by atoms with van der Waals surface area (Å²) >= 11 is 0. The van der Waals surface area contributed by atoms with Crippen LogP contribution in [0, 0.1) is 13.8 Å². The highest BCUT2D eigenvalue weighted by Crippen LogP contribution is 2.33. The summed E-state index contributed by atoms with van der Waals surface area (Å²) in [6.07, 6.45) is -4.42. The quantitative estimate of drug-likeness (QED) is 0.910. The van der Waals surface area contributed by atoms with Crippen molar-refractivity contribution >= 4 is 0 Å². The van der Waals surface area contributed by atoms with Crippen molar-refractivity contribution in [3.05, 3.63) is 46.8 Å². The van der Waals surface area contributed by atoms with E-state index < -0.39 is 11.7 Å². The van der Waals surface area contributed by atoms with Gasteiger partial charge in [0.2, 0.25) is 0 Å². The number of hydrogen-bond acceptors (Lipinski definition) is 2. The molecule has 1 aromatic heterocycles. The van der Waals surface area contributed by atoms with E-state index in [1.807, 2.05) is 6.07 Å². The van der Waals surface area contributed by atoms with Crippen LogP contribution >= 0.6 is 0 Å². The molecule has 19 heavy (non-hydrogen) atoms. The van der Waals surface area contributed by atoms with Crippen molar-refractivity contribution in [1.29, 1.82) is 0 Å². The number of nitrogens with zero attached hydrogens (tertiary/aromatic N) is 2. The number of nitrogens with two attached hydrogens (primary N) is 1. The third kappa shape index (κ3) is 2.63. The maximum Gasteiger partial charge on any atom is 0.416 e. The fraction of sp³-hybridized carbons (Fsp3) is 0.308. The van der Waals surface area contributed by atoms with Crippen LogP contribution in [0.2, 0.25) is 0 Å². The Morgan fingerprint density at radius 2 is 1.89 bits per heavy atom. The maximum absolute atomic E-state index is 13.0. The van der Waals surface area contributed by atoms with Crippen molar-refractivity contribution in [3.8, 4) is 5.69 Å². The van der Waals surface area contributed by atoms with Gasteiger partial charge in [-0.15, -0.1) is 0 Å². The predicted molar refractivity (Wildman–Crippen MR) is 65.9 cm³/mol. The summed E-state index contributed by atoms with van der Waals surface area (Å²) in [7, 11) is 0. The minimum absolute atomic E-state index is 0.0813. The molecule has 0 fully saturated rings. The molecule has 2 aromatic rings. The lowest BCUT2D eigenvalue weighted by Crippen LogP contribution is -2.13. The first-order chi connectivity index (χ1) is 8.82. The summed E-state index contributed by atoms with van der Waals surface area (Å²) in [6.45, 7) is 3.44. The highest BCUT2D eigenvalue weighted by molar-refractivity contribution is 5.42. The lowest BCUT2D eigenvalue weighted by Gasteiger charge is -2.14. The smallest absolute Gasteiger partial charge is 0.326 e. The maximum atomic E-state index is 13.0. The van der Waals surface area contributed by atoms with Gasteiger partial charge in [0, 0.05) is 12.2 Å². The average Bonchev–Trinajstić information content (AvgIpc) is 2.66. The first kappa shape index (κ1) is 13.6. The first-order valence-corrected chi connectivity index (χ1v) is 5.76. The van der Waals surface area contributed by atoms with Gasteiger partial charge < -0.3 is 5.73 Å². The molecule has 3 nitrogen and oxygen atoms in total. The van der Waals surface area contributed by atoms with Crippen molar-refractivity contribution < 1.29 is 13.2 Å². The number of alkyl halides is 3. The zero-order valence-corrected chi connectivity index (χ0v) is 10.6. The molecule has 2 rings (SSSR count). The number of aryl methyl sites for hydroxylation is 2. The normalized spacial score (nSPS) is 11.9. The summed E-state index contributed by atoms with van der Waals surface area (Å²) in [5, 5.41) is 4.18. The molecule has 0 unspecified atom stereocenters. The number of benzene rings is 1. The van der Waals surface area contributed by atoms with E-state index in [1.54, 1.807) is 19.9 Å². The van der Waals surface area contributed by atoms with E-state index in [9.17, 15) is 13.2 Å². The Kier molecular flexibility index (Phi) is 3.36. The molecule has 2 N–H and O–H groups in total. The SMILES string of the molecule is Cc1cc(C)n(-c2ccc(CN)c(C(F)(F)F)c2)n1. The van der Waals surface area contributed by atoms with Crippen LogP contribution < -0.4 is 5.73 Å². The Balaban J connectivity index is 2.58. The van der Waals surface area contributed by atoms with Gasteiger partial charge in [-0.3, -0.25) is 0 Å². The summed E-state index contributed by atoms with van der Waals surface area (Å²) in [6, 6.07) is 5.89. The molecule has 1 aromatic carbocycles. The standard InChI is InChI=1S/C13H14F3N3/c1-8-5-9(2)19(18-8)11-4-3-10(7-17)12(6-11)13(14,15)16/h3-6H,7,17H2,1-2H3. The molecule has 0 bridgehead atoms. The minimum Gasteiger partial charge on any atom is -0.326 e. The third-order valence-electron chi connectivity index (χ3n) is 2.87. The van der Waals surface area contributed by atoms with Crippen molar-refractivity contribution in [2.45, 2.75) is 26.6 Å². The Morgan fingerprint density at radius 3 is 2.37 bits per heavy atom. The van der Waals surface area contributed by atoms with Gasteiger partial charge in [0.05, 0.1) is 16.9 Å². The van der Waals surface area contributed by atoms with Crippen molar-refractivity contribution in [2.24, 2.45) is 5.73 Å². The summed E-state index contributed by atoms with van der Waals surface area (Å²) < 4.78 is 40.3. The molecule has 0 saturated carbocycles. The Morgan fingerprint density at radius 1 is 1.21 bits per heavy atom. The molecule has 102 valence electrons. The predicted octanol–water partition coefficient (Wildman–Crippen LogP) is 2.97. The van der Waals surface area contributed by atoms with E-state index in [4.69, 9.17) is 5.73 Å². The molecule has 0 aliphatic rings. The van der Waals surface area contributed by atoms with Gasteiger partial charge in [0.15, 0.2) is 0 Å². The van der Waals surface area contributed by atoms with Gasteiger partial charge in [-0.1, -0.05) is 6.07 Å². The molecular formula is C13H14F3N3. The van der Waals surface area contributed by atoms with Gasteiger partial charge >= 0.3 is 6.18 Å². The largest absolute Gasteiger partial charge is 0.416 e. The van der Waals surface area contributed by atoms with Gasteiger partial charge in [-0.05, 0) is 37.6 Å². The van der Waals surface area contributed by atoms with E-state index >= 15 is 0 Å². The number of halogens is 3. The second-order valence-corrected chi connectivity index (χ2v) is 4.38. The first-order valence-electron chi connectivity index (χ1n) is 5.76. The van der Waals surface area contributed by atoms with Gasteiger partial charge in [-0.2, -0.15) is 18.3 Å². The van der Waals surface area contributed by atoms with E-state index in [2.05, 4.69) is 5.10 Å². The van der Waals surface area contributed by atoms with E-state index in [-0.39, 0.29) is 12.1 Å².